The van der Waals surface area contributed by atoms with Gasteiger partial charge in [0, 0.05) is 12.9 Å². The number of nitrogens with one attached hydrogen (secondary N) is 1. The number of hydrogen-bond acceptors (Lipinski definition) is 4. The second-order valence-corrected chi connectivity index (χ2v) is 2.34. The summed E-state index contributed by atoms with van der Waals surface area (Å²) in [6.07, 6.45) is 0.0199. The first-order valence-corrected chi connectivity index (χ1v) is 3.96. The lowest BCUT2D eigenvalue weighted by molar-refractivity contribution is -0.143. The van der Waals surface area contributed by atoms with E-state index in [1.807, 2.05) is 0 Å². The molecule has 0 saturated heterocycles. The SMILES string of the molecule is CNC(=O)/C(N)=N\OC(=O)CCCl. The van der Waals surface area contributed by atoms with Gasteiger partial charge in [0.25, 0.3) is 5.91 Å². The molecule has 7 heteroatoms. The van der Waals surface area contributed by atoms with E-state index in [-0.39, 0.29) is 12.3 Å². The average molecular weight is 208 g/mol. The van der Waals surface area contributed by atoms with Gasteiger partial charge in [-0.25, -0.2) is 4.79 Å². The normalized spacial score (nSPS) is 10.8. The van der Waals surface area contributed by atoms with E-state index >= 15 is 0 Å². The maximum absolute atomic E-state index is 10.7. The molecule has 0 radical (unpaired) electrons. The quantitative estimate of drug-likeness (QED) is 0.208. The highest BCUT2D eigenvalue weighted by Crippen LogP contribution is 1.89. The van der Waals surface area contributed by atoms with E-state index in [1.165, 1.54) is 7.05 Å². The molecule has 6 nitrogen and oxygen atoms in total. The summed E-state index contributed by atoms with van der Waals surface area (Å²) in [7, 11) is 1.38. The Balaban J connectivity index is 3.96. The van der Waals surface area contributed by atoms with Gasteiger partial charge in [-0.2, -0.15) is 0 Å². The molecule has 13 heavy (non-hydrogen) atoms. The predicted molar refractivity (Wildman–Crippen MR) is 47.1 cm³/mol. The Bertz CT molecular complexity index is 229. The molecule has 0 rings (SSSR count). The highest BCUT2D eigenvalue weighted by Gasteiger charge is 2.06. The number of nitrogens with two attached hydrogens (primary N) is 1. The Morgan fingerprint density at radius 1 is 1.62 bits per heavy atom. The minimum Gasteiger partial charge on any atom is -0.376 e. The largest absolute Gasteiger partial charge is 0.376 e. The molecule has 0 aliphatic heterocycles. The fourth-order valence-electron chi connectivity index (χ4n) is 0.392. The van der Waals surface area contributed by atoms with Crippen LogP contribution in [0.15, 0.2) is 5.16 Å². The highest BCUT2D eigenvalue weighted by atomic mass is 35.5. The van der Waals surface area contributed by atoms with E-state index in [1.54, 1.807) is 0 Å². The zero-order valence-corrected chi connectivity index (χ0v) is 7.80. The van der Waals surface area contributed by atoms with Gasteiger partial charge in [-0.1, -0.05) is 5.16 Å². The van der Waals surface area contributed by atoms with Crippen molar-refractivity contribution < 1.29 is 14.4 Å². The van der Waals surface area contributed by atoms with Crippen molar-refractivity contribution in [2.45, 2.75) is 6.42 Å². The number of carbonyl (C=O) groups is 2. The molecule has 1 amide bonds. The molecule has 0 fully saturated rings. The molecule has 0 unspecified atom stereocenters. The molecule has 0 saturated carbocycles. The maximum Gasteiger partial charge on any atom is 0.336 e. The summed E-state index contributed by atoms with van der Waals surface area (Å²) in [6.45, 7) is 0. The summed E-state index contributed by atoms with van der Waals surface area (Å²) in [5.41, 5.74) is 5.10. The number of nitrogens with zero attached hydrogens (tertiary/aromatic N) is 1. The Morgan fingerprint density at radius 2 is 2.23 bits per heavy atom. The smallest absolute Gasteiger partial charge is 0.336 e. The van der Waals surface area contributed by atoms with Gasteiger partial charge in [0.1, 0.15) is 0 Å². The van der Waals surface area contributed by atoms with Crippen LogP contribution in [0.25, 0.3) is 0 Å². The van der Waals surface area contributed by atoms with Crippen molar-refractivity contribution in [3.05, 3.63) is 0 Å². The summed E-state index contributed by atoms with van der Waals surface area (Å²) in [5, 5.41) is 5.30. The lowest BCUT2D eigenvalue weighted by Crippen LogP contribution is -2.34. The summed E-state index contributed by atoms with van der Waals surface area (Å²) >= 11 is 5.24. The van der Waals surface area contributed by atoms with E-state index in [9.17, 15) is 9.59 Å². The van der Waals surface area contributed by atoms with Crippen LogP contribution in [0.1, 0.15) is 6.42 Å². The van der Waals surface area contributed by atoms with Gasteiger partial charge in [-0.3, -0.25) is 4.79 Å². The summed E-state index contributed by atoms with van der Waals surface area (Å²) in [4.78, 5) is 25.6. The number of hydrogen-bond donors (Lipinski definition) is 2. The lowest BCUT2D eigenvalue weighted by atomic mass is 10.5. The highest BCUT2D eigenvalue weighted by molar-refractivity contribution is 6.37. The van der Waals surface area contributed by atoms with Crippen molar-refractivity contribution in [2.24, 2.45) is 10.9 Å². The van der Waals surface area contributed by atoms with E-state index in [2.05, 4.69) is 15.3 Å². The van der Waals surface area contributed by atoms with Crippen LogP contribution in [0.2, 0.25) is 0 Å². The molecule has 0 aliphatic carbocycles. The maximum atomic E-state index is 10.7. The number of alkyl halides is 1. The zero-order valence-electron chi connectivity index (χ0n) is 7.04. The fraction of sp³-hybridized carbons (Fsp3) is 0.500. The van der Waals surface area contributed by atoms with Crippen LogP contribution >= 0.6 is 11.6 Å². The van der Waals surface area contributed by atoms with Crippen molar-refractivity contribution in [1.82, 2.24) is 5.32 Å². The van der Waals surface area contributed by atoms with E-state index in [4.69, 9.17) is 17.3 Å². The topological polar surface area (TPSA) is 93.8 Å². The molecule has 0 aromatic carbocycles. The minimum absolute atomic E-state index is 0.0199. The van der Waals surface area contributed by atoms with Crippen LogP contribution in [0.5, 0.6) is 0 Å². The summed E-state index contributed by atoms with van der Waals surface area (Å²) < 4.78 is 0. The monoisotopic (exact) mass is 207 g/mol. The van der Waals surface area contributed by atoms with Crippen LogP contribution in [0, 0.1) is 0 Å². The molecule has 0 spiro atoms. The van der Waals surface area contributed by atoms with Crippen molar-refractivity contribution in [3.63, 3.8) is 0 Å². The lowest BCUT2D eigenvalue weighted by Gasteiger charge is -1.97. The number of rotatable bonds is 3. The third-order valence-electron chi connectivity index (χ3n) is 1.00. The van der Waals surface area contributed by atoms with Gasteiger partial charge in [0.15, 0.2) is 0 Å². The summed E-state index contributed by atoms with van der Waals surface area (Å²) in [6, 6.07) is 0. The minimum atomic E-state index is -0.637. The Morgan fingerprint density at radius 3 is 2.69 bits per heavy atom. The van der Waals surface area contributed by atoms with Crippen LogP contribution in [0.4, 0.5) is 0 Å². The van der Waals surface area contributed by atoms with Gasteiger partial charge >= 0.3 is 5.97 Å². The van der Waals surface area contributed by atoms with Gasteiger partial charge < -0.3 is 15.9 Å². The molecular formula is C6H10ClN3O3. The molecule has 0 heterocycles. The van der Waals surface area contributed by atoms with Gasteiger partial charge in [-0.05, 0) is 0 Å². The Kier molecular flexibility index (Phi) is 5.62. The van der Waals surface area contributed by atoms with Crippen LogP contribution in [0.3, 0.4) is 0 Å². The third kappa shape index (κ3) is 5.02. The number of amidine groups is 1. The fourth-order valence-corrected chi connectivity index (χ4v) is 0.547. The molecule has 0 aliphatic rings. The molecule has 74 valence electrons. The van der Waals surface area contributed by atoms with E-state index < -0.39 is 17.7 Å². The van der Waals surface area contributed by atoms with Gasteiger partial charge in [-0.15, -0.1) is 11.6 Å². The van der Waals surface area contributed by atoms with E-state index in [0.29, 0.717) is 0 Å². The number of likely N-dealkylation sites (N-methyl/N-ethyl adjacent to an activating group) is 1. The second-order valence-electron chi connectivity index (χ2n) is 1.96. The Hall–Kier alpha value is -1.30. The van der Waals surface area contributed by atoms with Crippen molar-refractivity contribution >= 4 is 29.3 Å². The molecular weight excluding hydrogens is 198 g/mol. The van der Waals surface area contributed by atoms with Crippen molar-refractivity contribution in [1.29, 1.82) is 0 Å². The van der Waals surface area contributed by atoms with Crippen molar-refractivity contribution in [3.8, 4) is 0 Å². The second kappa shape index (κ2) is 6.24. The van der Waals surface area contributed by atoms with Crippen LogP contribution in [-0.2, 0) is 14.4 Å². The first-order chi connectivity index (χ1) is 6.11. The predicted octanol–water partition coefficient (Wildman–Crippen LogP) is -0.823. The molecule has 0 aromatic rings. The Labute approximate surface area is 80.0 Å². The molecule has 0 aromatic heterocycles. The molecule has 0 bridgehead atoms. The number of halogens is 1. The molecule has 0 atom stereocenters. The average Bonchev–Trinajstić information content (AvgIpc) is 2.13. The van der Waals surface area contributed by atoms with Crippen LogP contribution in [-0.4, -0.2) is 30.6 Å². The summed E-state index contributed by atoms with van der Waals surface area (Å²) in [5.74, 6) is -1.53. The first kappa shape index (κ1) is 11.7. The van der Waals surface area contributed by atoms with Crippen molar-refractivity contribution in [2.75, 3.05) is 12.9 Å². The zero-order chi connectivity index (χ0) is 10.3. The first-order valence-electron chi connectivity index (χ1n) is 3.43. The van der Waals surface area contributed by atoms with Gasteiger partial charge in [0.05, 0.1) is 6.42 Å². The third-order valence-corrected chi connectivity index (χ3v) is 1.19. The van der Waals surface area contributed by atoms with E-state index in [0.717, 1.165) is 0 Å². The van der Waals surface area contributed by atoms with Crippen LogP contribution < -0.4 is 11.1 Å². The van der Waals surface area contributed by atoms with Gasteiger partial charge in [0.2, 0.25) is 5.84 Å². The standard InChI is InChI=1S/C6H10ClN3O3/c1-9-6(12)5(8)10-13-4(11)2-3-7/h2-3H2,1H3,(H2,8,10)(H,9,12). The number of oxime groups is 1. The number of carbonyl (C=O) groups excluding carboxylic acids is 2. The molecule has 3 N–H and O–H groups in total. The number of amides is 1.